The average Bonchev–Trinajstić information content (AvgIpc) is 2.53. The molecule has 0 heterocycles. The van der Waals surface area contributed by atoms with Crippen molar-refractivity contribution < 1.29 is 20.4 Å². The minimum atomic E-state index is -0.846. The Labute approximate surface area is 147 Å². The molecule has 0 radical (unpaired) electrons. The maximum Gasteiger partial charge on any atom is 0.0434 e. The topological polar surface area (TPSA) is 133 Å². The lowest BCUT2D eigenvalue weighted by atomic mass is 9.53. The Balaban J connectivity index is 6.13. The van der Waals surface area contributed by atoms with Crippen LogP contribution in [0.5, 0.6) is 0 Å². The monoisotopic (exact) mass is 348 g/mol. The van der Waals surface area contributed by atoms with Crippen molar-refractivity contribution in [1.29, 1.82) is 0 Å². The molecule has 6 nitrogen and oxygen atoms in total. The van der Waals surface area contributed by atoms with Crippen LogP contribution in [0, 0.1) is 23.7 Å². The first-order valence-electron chi connectivity index (χ1n) is 9.19. The van der Waals surface area contributed by atoms with E-state index in [0.717, 1.165) is 0 Å². The first-order valence-corrected chi connectivity index (χ1v) is 9.19. The highest BCUT2D eigenvalue weighted by atomic mass is 16.3. The molecule has 0 aromatic carbocycles. The first-order chi connectivity index (χ1) is 11.2. The number of nitrogens with two attached hydrogens (primary N) is 2. The van der Waals surface area contributed by atoms with Gasteiger partial charge in [-0.2, -0.15) is 0 Å². The zero-order chi connectivity index (χ0) is 19.0. The minimum Gasteiger partial charge on any atom is -0.396 e. The third kappa shape index (κ3) is 4.68. The number of hydrogen-bond acceptors (Lipinski definition) is 6. The molecule has 4 atom stereocenters. The van der Waals surface area contributed by atoms with E-state index in [0.29, 0.717) is 25.7 Å². The van der Waals surface area contributed by atoms with Crippen LogP contribution in [0.1, 0.15) is 53.4 Å². The molecule has 6 heteroatoms. The van der Waals surface area contributed by atoms with E-state index in [2.05, 4.69) is 0 Å². The molecule has 0 aliphatic rings. The molecule has 0 fully saturated rings. The van der Waals surface area contributed by atoms with Gasteiger partial charge in [0, 0.05) is 37.5 Å². The first kappa shape index (κ1) is 23.8. The van der Waals surface area contributed by atoms with Gasteiger partial charge >= 0.3 is 0 Å². The molecular formula is C18H40N2O4. The summed E-state index contributed by atoms with van der Waals surface area (Å²) in [5.74, 6) is -0.291. The Kier molecular flexibility index (Phi) is 10.6. The molecule has 0 aliphatic carbocycles. The van der Waals surface area contributed by atoms with Gasteiger partial charge < -0.3 is 31.9 Å². The average molecular weight is 349 g/mol. The van der Waals surface area contributed by atoms with E-state index in [1.165, 1.54) is 0 Å². The van der Waals surface area contributed by atoms with Crippen molar-refractivity contribution in [2.24, 2.45) is 35.1 Å². The van der Waals surface area contributed by atoms with Gasteiger partial charge in [-0.1, -0.05) is 27.7 Å². The van der Waals surface area contributed by atoms with E-state index in [-0.39, 0.29) is 50.1 Å². The predicted octanol–water partition coefficient (Wildman–Crippen LogP) is 0.455. The fourth-order valence-electron chi connectivity index (χ4n) is 4.41. The van der Waals surface area contributed by atoms with Gasteiger partial charge in [0.1, 0.15) is 0 Å². The van der Waals surface area contributed by atoms with Crippen molar-refractivity contribution in [2.75, 3.05) is 26.4 Å². The Morgan fingerprint density at radius 3 is 0.833 bits per heavy atom. The lowest BCUT2D eigenvalue weighted by Crippen LogP contribution is -2.77. The predicted molar refractivity (Wildman–Crippen MR) is 97.3 cm³/mol. The lowest BCUT2D eigenvalue weighted by molar-refractivity contribution is -0.0169. The molecule has 24 heavy (non-hydrogen) atoms. The van der Waals surface area contributed by atoms with Gasteiger partial charge in [-0.05, 0) is 49.4 Å². The van der Waals surface area contributed by atoms with Crippen LogP contribution in [0.3, 0.4) is 0 Å². The van der Waals surface area contributed by atoms with Crippen LogP contribution in [0.4, 0.5) is 0 Å². The van der Waals surface area contributed by atoms with Crippen LogP contribution in [0.15, 0.2) is 0 Å². The van der Waals surface area contributed by atoms with Crippen LogP contribution in [0.2, 0.25) is 0 Å². The second kappa shape index (κ2) is 10.7. The molecular weight excluding hydrogens is 308 g/mol. The SMILES string of the molecule is CC(CCO)C(N)(C(C)CCO)C(N)(C(C)CCO)C(C)CCO. The summed E-state index contributed by atoms with van der Waals surface area (Å²) in [6.07, 6.45) is 2.07. The van der Waals surface area contributed by atoms with E-state index >= 15 is 0 Å². The van der Waals surface area contributed by atoms with Gasteiger partial charge in [0.2, 0.25) is 0 Å². The Morgan fingerprint density at radius 2 is 0.708 bits per heavy atom. The van der Waals surface area contributed by atoms with Crippen molar-refractivity contribution in [3.05, 3.63) is 0 Å². The van der Waals surface area contributed by atoms with Gasteiger partial charge in [0.25, 0.3) is 0 Å². The van der Waals surface area contributed by atoms with Gasteiger partial charge in [-0.3, -0.25) is 0 Å². The van der Waals surface area contributed by atoms with E-state index in [1.807, 2.05) is 27.7 Å². The summed E-state index contributed by atoms with van der Waals surface area (Å²) in [4.78, 5) is 0. The zero-order valence-corrected chi connectivity index (χ0v) is 15.9. The highest BCUT2D eigenvalue weighted by Crippen LogP contribution is 2.46. The lowest BCUT2D eigenvalue weighted by Gasteiger charge is -2.58. The van der Waals surface area contributed by atoms with Crippen LogP contribution in [-0.2, 0) is 0 Å². The molecule has 0 aromatic rings. The quantitative estimate of drug-likeness (QED) is 0.286. The van der Waals surface area contributed by atoms with Crippen molar-refractivity contribution >= 4 is 0 Å². The summed E-state index contributed by atoms with van der Waals surface area (Å²) in [7, 11) is 0. The molecule has 0 aromatic heterocycles. The van der Waals surface area contributed by atoms with Gasteiger partial charge in [0.15, 0.2) is 0 Å². The van der Waals surface area contributed by atoms with Crippen LogP contribution in [-0.4, -0.2) is 57.9 Å². The fraction of sp³-hybridized carbons (Fsp3) is 1.00. The number of aliphatic hydroxyl groups is 4. The fourth-order valence-corrected chi connectivity index (χ4v) is 4.41. The third-order valence-corrected chi connectivity index (χ3v) is 6.26. The van der Waals surface area contributed by atoms with Crippen LogP contribution < -0.4 is 11.5 Å². The Hall–Kier alpha value is -0.240. The molecule has 8 N–H and O–H groups in total. The van der Waals surface area contributed by atoms with Crippen molar-refractivity contribution in [3.63, 3.8) is 0 Å². The van der Waals surface area contributed by atoms with E-state index < -0.39 is 11.1 Å². The van der Waals surface area contributed by atoms with Crippen LogP contribution >= 0.6 is 0 Å². The summed E-state index contributed by atoms with van der Waals surface area (Å²) in [5.41, 5.74) is 12.3. The number of hydrogen-bond donors (Lipinski definition) is 6. The smallest absolute Gasteiger partial charge is 0.0434 e. The maximum atomic E-state index is 9.44. The summed E-state index contributed by atoms with van der Waals surface area (Å²) >= 11 is 0. The third-order valence-electron chi connectivity index (χ3n) is 6.26. The number of rotatable bonds is 13. The standard InChI is InChI=1S/C18H40N2O4/c1-13(5-9-21)17(19,14(2)6-10-22)18(20,15(3)7-11-23)16(4)8-12-24/h13-16,21-24H,5-12,19-20H2,1-4H3. The molecule has 0 amide bonds. The summed E-state index contributed by atoms with van der Waals surface area (Å²) in [6.45, 7) is 8.03. The highest BCUT2D eigenvalue weighted by molar-refractivity contribution is 5.15. The van der Waals surface area contributed by atoms with Gasteiger partial charge in [-0.15, -0.1) is 0 Å². The van der Waals surface area contributed by atoms with Crippen molar-refractivity contribution in [3.8, 4) is 0 Å². The molecule has 0 saturated heterocycles. The van der Waals surface area contributed by atoms with Crippen molar-refractivity contribution in [1.82, 2.24) is 0 Å². The molecule has 0 spiro atoms. The minimum absolute atomic E-state index is 0.0187. The molecule has 146 valence electrons. The van der Waals surface area contributed by atoms with Gasteiger partial charge in [0.05, 0.1) is 0 Å². The van der Waals surface area contributed by atoms with E-state index in [1.54, 1.807) is 0 Å². The number of aliphatic hydroxyl groups excluding tert-OH is 4. The summed E-state index contributed by atoms with van der Waals surface area (Å²) in [6, 6.07) is 0. The maximum absolute atomic E-state index is 9.44. The molecule has 4 unspecified atom stereocenters. The second-order valence-corrected chi connectivity index (χ2v) is 7.52. The zero-order valence-electron chi connectivity index (χ0n) is 15.9. The summed E-state index contributed by atoms with van der Waals surface area (Å²) < 4.78 is 0. The summed E-state index contributed by atoms with van der Waals surface area (Å²) in [5, 5.41) is 37.7. The Bertz CT molecular complexity index is 285. The molecule has 0 saturated carbocycles. The second-order valence-electron chi connectivity index (χ2n) is 7.52. The molecule has 0 rings (SSSR count). The molecule has 0 bridgehead atoms. The van der Waals surface area contributed by atoms with E-state index in [9.17, 15) is 20.4 Å². The largest absolute Gasteiger partial charge is 0.396 e. The van der Waals surface area contributed by atoms with Crippen LogP contribution in [0.25, 0.3) is 0 Å². The van der Waals surface area contributed by atoms with Crippen molar-refractivity contribution in [2.45, 2.75) is 64.5 Å². The molecule has 0 aliphatic heterocycles. The Morgan fingerprint density at radius 1 is 0.542 bits per heavy atom. The van der Waals surface area contributed by atoms with Gasteiger partial charge in [-0.25, -0.2) is 0 Å². The highest BCUT2D eigenvalue weighted by Gasteiger charge is 2.56. The normalized spacial score (nSPS) is 22.2. The van der Waals surface area contributed by atoms with E-state index in [4.69, 9.17) is 11.5 Å².